The number of piperidine rings is 1. The van der Waals surface area contributed by atoms with E-state index in [-0.39, 0.29) is 9.79 Å². The van der Waals surface area contributed by atoms with E-state index in [1.165, 1.54) is 14.7 Å². The van der Waals surface area contributed by atoms with Crippen molar-refractivity contribution in [2.75, 3.05) is 23.9 Å². The molecule has 1 saturated heterocycles. The van der Waals surface area contributed by atoms with Gasteiger partial charge in [-0.2, -0.15) is 4.31 Å². The molecule has 0 aromatic heterocycles. The minimum atomic E-state index is -3.72. The second kappa shape index (κ2) is 7.44. The lowest BCUT2D eigenvalue weighted by atomic mass is 10.2. The molecular weight excluding hydrogens is 464 g/mol. The van der Waals surface area contributed by atoms with Gasteiger partial charge < -0.3 is 0 Å². The summed E-state index contributed by atoms with van der Waals surface area (Å²) >= 11 is 3.31. The molecule has 2 heterocycles. The van der Waals surface area contributed by atoms with Gasteiger partial charge in [-0.3, -0.25) is 4.31 Å². The molecule has 2 aromatic carbocycles. The van der Waals surface area contributed by atoms with Crippen LogP contribution in [0.15, 0.2) is 56.7 Å². The monoisotopic (exact) mass is 484 g/mol. The van der Waals surface area contributed by atoms with Crippen molar-refractivity contribution in [1.82, 2.24) is 4.31 Å². The molecule has 150 valence electrons. The molecule has 9 heteroatoms. The molecule has 2 aliphatic heterocycles. The number of fused-ring (bicyclic) bond motifs is 1. The highest BCUT2D eigenvalue weighted by Crippen LogP contribution is 2.36. The smallest absolute Gasteiger partial charge is 0.265 e. The van der Waals surface area contributed by atoms with E-state index in [4.69, 9.17) is 0 Å². The molecule has 0 saturated carbocycles. The molecule has 2 aliphatic rings. The summed E-state index contributed by atoms with van der Waals surface area (Å²) in [6.07, 6.45) is 3.30. The Balaban J connectivity index is 1.68. The summed E-state index contributed by atoms with van der Waals surface area (Å²) in [5.74, 6) is 0. The minimum absolute atomic E-state index is 0.202. The number of rotatable bonds is 4. The zero-order valence-electron chi connectivity index (χ0n) is 15.2. The first kappa shape index (κ1) is 19.9. The molecule has 0 N–H and O–H groups in total. The Hall–Kier alpha value is -1.42. The number of anilines is 1. The van der Waals surface area contributed by atoms with Crippen LogP contribution in [0.2, 0.25) is 0 Å². The molecule has 2 aromatic rings. The standard InChI is InChI=1S/C19H21BrN2O4S2/c20-17-6-2-3-7-19(17)28(25,26)22-13-10-15-14-16(8-9-18(15)22)27(23,24)21-11-4-1-5-12-21/h2-3,6-9,14H,1,4-5,10-13H2. The van der Waals surface area contributed by atoms with Crippen molar-refractivity contribution in [3.05, 3.63) is 52.5 Å². The fourth-order valence-electron chi connectivity index (χ4n) is 3.78. The molecule has 4 rings (SSSR count). The fourth-order valence-corrected chi connectivity index (χ4v) is 7.82. The first-order chi connectivity index (χ1) is 13.3. The van der Waals surface area contributed by atoms with Gasteiger partial charge in [-0.15, -0.1) is 0 Å². The third kappa shape index (κ3) is 3.38. The number of halogens is 1. The van der Waals surface area contributed by atoms with Gasteiger partial charge in [0.05, 0.1) is 10.6 Å². The van der Waals surface area contributed by atoms with Crippen LogP contribution in [0.1, 0.15) is 24.8 Å². The van der Waals surface area contributed by atoms with Crippen molar-refractivity contribution in [2.45, 2.75) is 35.5 Å². The number of sulfonamides is 2. The number of nitrogens with zero attached hydrogens (tertiary/aromatic N) is 2. The molecule has 0 atom stereocenters. The summed E-state index contributed by atoms with van der Waals surface area (Å²) in [6.45, 7) is 1.39. The van der Waals surface area contributed by atoms with Crippen LogP contribution in [0.3, 0.4) is 0 Å². The maximum Gasteiger partial charge on any atom is 0.265 e. The summed E-state index contributed by atoms with van der Waals surface area (Å²) < 4.78 is 55.5. The Labute approximate surface area is 174 Å². The normalized spacial score (nSPS) is 18.2. The van der Waals surface area contributed by atoms with Crippen molar-refractivity contribution >= 4 is 41.7 Å². The van der Waals surface area contributed by atoms with Crippen LogP contribution in [0.4, 0.5) is 5.69 Å². The van der Waals surface area contributed by atoms with Crippen LogP contribution in [-0.2, 0) is 26.5 Å². The topological polar surface area (TPSA) is 74.8 Å². The van der Waals surface area contributed by atoms with Crippen molar-refractivity contribution in [1.29, 1.82) is 0 Å². The van der Waals surface area contributed by atoms with Crippen molar-refractivity contribution in [2.24, 2.45) is 0 Å². The zero-order chi connectivity index (χ0) is 19.9. The third-order valence-corrected chi connectivity index (χ3v) is 9.98. The predicted molar refractivity (Wildman–Crippen MR) is 111 cm³/mol. The Morgan fingerprint density at radius 1 is 0.821 bits per heavy atom. The van der Waals surface area contributed by atoms with Crippen molar-refractivity contribution in [3.8, 4) is 0 Å². The second-order valence-electron chi connectivity index (χ2n) is 7.01. The number of hydrogen-bond donors (Lipinski definition) is 0. The molecule has 6 nitrogen and oxygen atoms in total. The summed E-state index contributed by atoms with van der Waals surface area (Å²) in [5.41, 5.74) is 1.29. The van der Waals surface area contributed by atoms with Crippen molar-refractivity contribution < 1.29 is 16.8 Å². The molecule has 28 heavy (non-hydrogen) atoms. The van der Waals surface area contributed by atoms with E-state index in [2.05, 4.69) is 15.9 Å². The lowest BCUT2D eigenvalue weighted by Gasteiger charge is -2.26. The lowest BCUT2D eigenvalue weighted by molar-refractivity contribution is 0.346. The highest BCUT2D eigenvalue weighted by molar-refractivity contribution is 9.10. The largest absolute Gasteiger partial charge is 0.266 e. The maximum atomic E-state index is 13.1. The Morgan fingerprint density at radius 2 is 1.54 bits per heavy atom. The van der Waals surface area contributed by atoms with Gasteiger partial charge in [-0.25, -0.2) is 16.8 Å². The molecule has 0 spiro atoms. The quantitative estimate of drug-likeness (QED) is 0.666. The molecule has 0 aliphatic carbocycles. The van der Waals surface area contributed by atoms with Crippen LogP contribution >= 0.6 is 15.9 Å². The van der Waals surface area contributed by atoms with Crippen LogP contribution in [0, 0.1) is 0 Å². The van der Waals surface area contributed by atoms with Crippen molar-refractivity contribution in [3.63, 3.8) is 0 Å². The summed E-state index contributed by atoms with van der Waals surface area (Å²) in [7, 11) is -7.26. The molecule has 1 fully saturated rings. The summed E-state index contributed by atoms with van der Waals surface area (Å²) in [5, 5.41) is 0. The number of benzene rings is 2. The van der Waals surface area contributed by atoms with Gasteiger partial charge in [0.2, 0.25) is 10.0 Å². The van der Waals surface area contributed by atoms with E-state index in [1.54, 1.807) is 36.4 Å². The van der Waals surface area contributed by atoms with E-state index >= 15 is 0 Å². The third-order valence-electron chi connectivity index (χ3n) is 5.26. The van der Waals surface area contributed by atoms with Gasteiger partial charge in [0.15, 0.2) is 0 Å². The maximum absolute atomic E-state index is 13.1. The van der Waals surface area contributed by atoms with Crippen LogP contribution in [0.5, 0.6) is 0 Å². The average Bonchev–Trinajstić information content (AvgIpc) is 3.13. The first-order valence-corrected chi connectivity index (χ1v) is 12.9. The van der Waals surface area contributed by atoms with Gasteiger partial charge in [-0.05, 0) is 71.1 Å². The van der Waals surface area contributed by atoms with Gasteiger partial charge in [0.1, 0.15) is 4.90 Å². The first-order valence-electron chi connectivity index (χ1n) is 9.22. The number of hydrogen-bond acceptors (Lipinski definition) is 4. The fraction of sp³-hybridized carbons (Fsp3) is 0.368. The van der Waals surface area contributed by atoms with E-state index in [0.717, 1.165) is 24.8 Å². The molecule has 0 bridgehead atoms. The van der Waals surface area contributed by atoms with E-state index in [9.17, 15) is 16.8 Å². The highest BCUT2D eigenvalue weighted by atomic mass is 79.9. The van der Waals surface area contributed by atoms with Gasteiger partial charge in [0.25, 0.3) is 10.0 Å². The minimum Gasteiger partial charge on any atom is -0.266 e. The van der Waals surface area contributed by atoms with Crippen LogP contribution in [-0.4, -0.2) is 40.8 Å². The second-order valence-corrected chi connectivity index (χ2v) is 11.6. The average molecular weight is 485 g/mol. The van der Waals surface area contributed by atoms with Gasteiger partial charge in [0, 0.05) is 24.1 Å². The molecule has 0 unspecified atom stereocenters. The van der Waals surface area contributed by atoms with E-state index in [1.807, 2.05) is 0 Å². The van der Waals surface area contributed by atoms with Crippen LogP contribution in [0.25, 0.3) is 0 Å². The Morgan fingerprint density at radius 3 is 2.25 bits per heavy atom. The SMILES string of the molecule is O=S(=O)(c1ccc2c(c1)CCN2S(=O)(=O)c1ccccc1Br)N1CCCCC1. The Kier molecular flexibility index (Phi) is 5.28. The molecular formula is C19H21BrN2O4S2. The highest BCUT2D eigenvalue weighted by Gasteiger charge is 2.34. The van der Waals surface area contributed by atoms with Crippen LogP contribution < -0.4 is 4.31 Å². The summed E-state index contributed by atoms with van der Waals surface area (Å²) in [6, 6.07) is 11.5. The molecule has 0 radical (unpaired) electrons. The van der Waals surface area contributed by atoms with Gasteiger partial charge in [-0.1, -0.05) is 18.6 Å². The van der Waals surface area contributed by atoms with E-state index in [0.29, 0.717) is 36.2 Å². The molecule has 0 amide bonds. The lowest BCUT2D eigenvalue weighted by Crippen LogP contribution is -2.35. The van der Waals surface area contributed by atoms with E-state index < -0.39 is 20.0 Å². The van der Waals surface area contributed by atoms with Gasteiger partial charge >= 0.3 is 0 Å². The zero-order valence-corrected chi connectivity index (χ0v) is 18.4. The predicted octanol–water partition coefficient (Wildman–Crippen LogP) is 3.38. The summed E-state index contributed by atoms with van der Waals surface area (Å²) in [4.78, 5) is 0.446. The Bertz CT molecular complexity index is 1110.